The van der Waals surface area contributed by atoms with Crippen LogP contribution in [0.1, 0.15) is 25.7 Å². The Morgan fingerprint density at radius 3 is 2.40 bits per heavy atom. The van der Waals surface area contributed by atoms with Crippen LogP contribution in [-0.2, 0) is 4.79 Å². The highest BCUT2D eigenvalue weighted by molar-refractivity contribution is 5.92. The average molecular weight is 273 g/mol. The predicted molar refractivity (Wildman–Crippen MR) is 82.1 cm³/mol. The zero-order chi connectivity index (χ0) is 13.8. The van der Waals surface area contributed by atoms with Crippen molar-refractivity contribution in [3.63, 3.8) is 0 Å². The maximum atomic E-state index is 12.2. The van der Waals surface area contributed by atoms with Gasteiger partial charge in [-0.05, 0) is 63.0 Å². The lowest BCUT2D eigenvalue weighted by molar-refractivity contribution is -0.120. The van der Waals surface area contributed by atoms with E-state index in [2.05, 4.69) is 27.7 Å². The Kier molecular flexibility index (Phi) is 4.21. The molecule has 0 saturated carbocycles. The fourth-order valence-corrected chi connectivity index (χ4v) is 3.06. The van der Waals surface area contributed by atoms with Crippen molar-refractivity contribution < 1.29 is 4.79 Å². The van der Waals surface area contributed by atoms with Gasteiger partial charge in [0.1, 0.15) is 0 Å². The minimum Gasteiger partial charge on any atom is -0.372 e. The molecule has 0 spiro atoms. The lowest BCUT2D eigenvalue weighted by Gasteiger charge is -2.22. The van der Waals surface area contributed by atoms with Crippen molar-refractivity contribution in [1.82, 2.24) is 5.32 Å². The van der Waals surface area contributed by atoms with Gasteiger partial charge < -0.3 is 15.5 Å². The number of carbonyl (C=O) groups is 1. The van der Waals surface area contributed by atoms with Gasteiger partial charge in [-0.3, -0.25) is 4.79 Å². The lowest BCUT2D eigenvalue weighted by atomic mass is 9.97. The number of hydrogen-bond acceptors (Lipinski definition) is 3. The van der Waals surface area contributed by atoms with Crippen LogP contribution in [0.25, 0.3) is 0 Å². The monoisotopic (exact) mass is 273 g/mol. The van der Waals surface area contributed by atoms with Crippen LogP contribution in [0, 0.1) is 5.92 Å². The number of piperidine rings is 1. The number of amides is 1. The molecule has 1 aromatic rings. The van der Waals surface area contributed by atoms with Gasteiger partial charge in [0.05, 0.1) is 0 Å². The molecule has 0 aliphatic carbocycles. The van der Waals surface area contributed by atoms with Crippen molar-refractivity contribution in [1.29, 1.82) is 0 Å². The van der Waals surface area contributed by atoms with Gasteiger partial charge in [0.2, 0.25) is 5.91 Å². The summed E-state index contributed by atoms with van der Waals surface area (Å²) in [5.74, 6) is 0.329. The molecule has 0 unspecified atom stereocenters. The van der Waals surface area contributed by atoms with Crippen LogP contribution in [0.3, 0.4) is 0 Å². The predicted octanol–water partition coefficient (Wildman–Crippen LogP) is 2.22. The first-order chi connectivity index (χ1) is 9.83. The number of anilines is 2. The standard InChI is InChI=1S/C16H23N3O/c20-16(13-7-9-17-10-8-13)18-14-3-5-15(6-4-14)19-11-1-2-12-19/h3-6,13,17H,1-2,7-12H2,(H,18,20). The van der Waals surface area contributed by atoms with Gasteiger partial charge in [-0.1, -0.05) is 0 Å². The molecule has 2 aliphatic heterocycles. The molecular formula is C16H23N3O. The molecule has 2 heterocycles. The molecule has 0 aromatic heterocycles. The molecule has 0 bridgehead atoms. The van der Waals surface area contributed by atoms with Crippen LogP contribution in [0.5, 0.6) is 0 Å². The maximum absolute atomic E-state index is 12.2. The first-order valence-electron chi connectivity index (χ1n) is 7.69. The molecular weight excluding hydrogens is 250 g/mol. The zero-order valence-corrected chi connectivity index (χ0v) is 11.9. The molecule has 0 radical (unpaired) electrons. The second kappa shape index (κ2) is 6.27. The third-order valence-corrected chi connectivity index (χ3v) is 4.32. The first-order valence-corrected chi connectivity index (χ1v) is 7.69. The highest BCUT2D eigenvalue weighted by atomic mass is 16.1. The van der Waals surface area contributed by atoms with Crippen LogP contribution in [-0.4, -0.2) is 32.1 Å². The van der Waals surface area contributed by atoms with Crippen LogP contribution in [0.4, 0.5) is 11.4 Å². The van der Waals surface area contributed by atoms with Gasteiger partial charge >= 0.3 is 0 Å². The SMILES string of the molecule is O=C(Nc1ccc(N2CCCC2)cc1)C1CCNCC1. The largest absolute Gasteiger partial charge is 0.372 e. The summed E-state index contributed by atoms with van der Waals surface area (Å²) < 4.78 is 0. The molecule has 0 atom stereocenters. The van der Waals surface area contributed by atoms with E-state index in [0.717, 1.165) is 44.7 Å². The summed E-state index contributed by atoms with van der Waals surface area (Å²) in [4.78, 5) is 14.6. The average Bonchev–Trinajstić information content (AvgIpc) is 3.03. The van der Waals surface area contributed by atoms with E-state index in [-0.39, 0.29) is 11.8 Å². The number of hydrogen-bond donors (Lipinski definition) is 2. The van der Waals surface area contributed by atoms with Crippen LogP contribution >= 0.6 is 0 Å². The van der Waals surface area contributed by atoms with Crippen molar-refractivity contribution in [3.8, 4) is 0 Å². The fraction of sp³-hybridized carbons (Fsp3) is 0.562. The van der Waals surface area contributed by atoms with Crippen molar-refractivity contribution in [2.45, 2.75) is 25.7 Å². The first kappa shape index (κ1) is 13.4. The van der Waals surface area contributed by atoms with E-state index in [0.29, 0.717) is 0 Å². The van der Waals surface area contributed by atoms with E-state index in [1.165, 1.54) is 18.5 Å². The number of carbonyl (C=O) groups excluding carboxylic acids is 1. The van der Waals surface area contributed by atoms with Gasteiger partial charge in [0.25, 0.3) is 0 Å². The van der Waals surface area contributed by atoms with Crippen LogP contribution in [0.15, 0.2) is 24.3 Å². The molecule has 4 heteroatoms. The topological polar surface area (TPSA) is 44.4 Å². The Hall–Kier alpha value is -1.55. The van der Waals surface area contributed by atoms with Gasteiger partial charge in [-0.25, -0.2) is 0 Å². The Morgan fingerprint density at radius 1 is 1.10 bits per heavy atom. The highest BCUT2D eigenvalue weighted by Crippen LogP contribution is 2.23. The Balaban J connectivity index is 1.58. The Labute approximate surface area is 120 Å². The molecule has 2 fully saturated rings. The number of benzene rings is 1. The Morgan fingerprint density at radius 2 is 1.75 bits per heavy atom. The third-order valence-electron chi connectivity index (χ3n) is 4.32. The molecule has 1 aromatic carbocycles. The van der Waals surface area contributed by atoms with Crippen molar-refractivity contribution in [3.05, 3.63) is 24.3 Å². The second-order valence-corrected chi connectivity index (χ2v) is 5.75. The number of nitrogens with one attached hydrogen (secondary N) is 2. The number of rotatable bonds is 3. The van der Waals surface area contributed by atoms with Gasteiger partial charge in [-0.15, -0.1) is 0 Å². The van der Waals surface area contributed by atoms with E-state index >= 15 is 0 Å². The second-order valence-electron chi connectivity index (χ2n) is 5.75. The maximum Gasteiger partial charge on any atom is 0.227 e. The van der Waals surface area contributed by atoms with Gasteiger partial charge in [-0.2, -0.15) is 0 Å². The quantitative estimate of drug-likeness (QED) is 0.887. The molecule has 20 heavy (non-hydrogen) atoms. The summed E-state index contributed by atoms with van der Waals surface area (Å²) in [7, 11) is 0. The van der Waals surface area contributed by atoms with Gasteiger partial charge in [0, 0.05) is 30.4 Å². The molecule has 4 nitrogen and oxygen atoms in total. The summed E-state index contributed by atoms with van der Waals surface area (Å²) in [5.41, 5.74) is 2.18. The fourth-order valence-electron chi connectivity index (χ4n) is 3.06. The molecule has 2 aliphatic rings. The molecule has 1 amide bonds. The molecule has 2 N–H and O–H groups in total. The van der Waals surface area contributed by atoms with E-state index in [9.17, 15) is 4.79 Å². The summed E-state index contributed by atoms with van der Waals surface area (Å²) in [5, 5.41) is 6.33. The minimum absolute atomic E-state index is 0.162. The zero-order valence-electron chi connectivity index (χ0n) is 11.9. The highest BCUT2D eigenvalue weighted by Gasteiger charge is 2.20. The summed E-state index contributed by atoms with van der Waals surface area (Å²) >= 11 is 0. The van der Waals surface area contributed by atoms with Crippen molar-refractivity contribution in [2.24, 2.45) is 5.92 Å². The lowest BCUT2D eigenvalue weighted by Crippen LogP contribution is -2.34. The third kappa shape index (κ3) is 3.12. The summed E-state index contributed by atoms with van der Waals surface area (Å²) in [6.45, 7) is 4.21. The normalized spacial score (nSPS) is 20.1. The number of nitrogens with zero attached hydrogens (tertiary/aromatic N) is 1. The minimum atomic E-state index is 0.162. The van der Waals surface area contributed by atoms with Crippen LogP contribution in [0.2, 0.25) is 0 Å². The van der Waals surface area contributed by atoms with Gasteiger partial charge in [0.15, 0.2) is 0 Å². The van der Waals surface area contributed by atoms with E-state index in [4.69, 9.17) is 0 Å². The van der Waals surface area contributed by atoms with E-state index in [1.807, 2.05) is 12.1 Å². The van der Waals surface area contributed by atoms with Crippen molar-refractivity contribution >= 4 is 17.3 Å². The molecule has 2 saturated heterocycles. The van der Waals surface area contributed by atoms with E-state index in [1.54, 1.807) is 0 Å². The van der Waals surface area contributed by atoms with Crippen LogP contribution < -0.4 is 15.5 Å². The van der Waals surface area contributed by atoms with Crippen molar-refractivity contribution in [2.75, 3.05) is 36.4 Å². The smallest absolute Gasteiger partial charge is 0.227 e. The molecule has 108 valence electrons. The summed E-state index contributed by atoms with van der Waals surface area (Å²) in [6.07, 6.45) is 4.46. The molecule has 3 rings (SSSR count). The summed E-state index contributed by atoms with van der Waals surface area (Å²) in [6, 6.07) is 8.27. The van der Waals surface area contributed by atoms with E-state index < -0.39 is 0 Å². The Bertz CT molecular complexity index is 445.